The number of hydrogen-bond donors (Lipinski definition) is 1. The van der Waals surface area contributed by atoms with E-state index in [2.05, 4.69) is 20.4 Å². The highest BCUT2D eigenvalue weighted by Crippen LogP contribution is 2.30. The number of fused-ring (bicyclic) bond motifs is 1. The number of benzene rings is 2. The average Bonchev–Trinajstić information content (AvgIpc) is 3.11. The van der Waals surface area contributed by atoms with Crippen LogP contribution in [0, 0.1) is 0 Å². The molecule has 2 aromatic carbocycles. The number of anilines is 2. The maximum atomic E-state index is 13.0. The number of alkyl halides is 3. The fraction of sp³-hybridized carbons (Fsp3) is 0.0556. The minimum Gasteiger partial charge on any atom is -0.340 e. The highest BCUT2D eigenvalue weighted by Gasteiger charge is 2.34. The molecule has 0 atom stereocenters. The molecular formula is C18H12F3N5. The molecule has 0 aliphatic carbocycles. The Bertz CT molecular complexity index is 1040. The topological polar surface area (TPSA) is 55.1 Å². The van der Waals surface area contributed by atoms with E-state index >= 15 is 0 Å². The van der Waals surface area contributed by atoms with E-state index in [1.807, 2.05) is 42.5 Å². The van der Waals surface area contributed by atoms with Crippen LogP contribution in [0.5, 0.6) is 0 Å². The first-order chi connectivity index (χ1) is 12.5. The lowest BCUT2D eigenvalue weighted by atomic mass is 10.1. The summed E-state index contributed by atoms with van der Waals surface area (Å²) in [5, 5.41) is 6.86. The fourth-order valence-electron chi connectivity index (χ4n) is 2.57. The van der Waals surface area contributed by atoms with Crippen LogP contribution in [0.25, 0.3) is 16.9 Å². The molecule has 1 N–H and O–H groups in total. The third-order valence-electron chi connectivity index (χ3n) is 3.81. The second-order valence-electron chi connectivity index (χ2n) is 5.56. The SMILES string of the molecule is FC(F)(F)c1cc(Nc2ccc(-c3ccccc3)cc2)n2ncnc2n1. The number of aromatic nitrogens is 4. The molecule has 26 heavy (non-hydrogen) atoms. The Hall–Kier alpha value is -3.42. The molecule has 0 radical (unpaired) electrons. The van der Waals surface area contributed by atoms with Crippen LogP contribution in [0.2, 0.25) is 0 Å². The van der Waals surface area contributed by atoms with Gasteiger partial charge in [-0.25, -0.2) is 4.98 Å². The number of nitrogens with zero attached hydrogens (tertiary/aromatic N) is 4. The molecule has 5 nitrogen and oxygen atoms in total. The van der Waals surface area contributed by atoms with Gasteiger partial charge in [-0.2, -0.15) is 27.8 Å². The van der Waals surface area contributed by atoms with Gasteiger partial charge in [0.05, 0.1) is 0 Å². The zero-order chi connectivity index (χ0) is 18.1. The summed E-state index contributed by atoms with van der Waals surface area (Å²) in [5.41, 5.74) is 1.66. The van der Waals surface area contributed by atoms with Gasteiger partial charge >= 0.3 is 6.18 Å². The molecule has 0 bridgehead atoms. The zero-order valence-electron chi connectivity index (χ0n) is 13.3. The Balaban J connectivity index is 1.68. The Morgan fingerprint density at radius 2 is 1.58 bits per heavy atom. The van der Waals surface area contributed by atoms with Crippen molar-refractivity contribution < 1.29 is 13.2 Å². The molecule has 0 saturated carbocycles. The van der Waals surface area contributed by atoms with Crippen molar-refractivity contribution in [3.8, 4) is 11.1 Å². The van der Waals surface area contributed by atoms with Gasteiger partial charge in [0.1, 0.15) is 12.1 Å². The molecule has 0 saturated heterocycles. The lowest BCUT2D eigenvalue weighted by molar-refractivity contribution is -0.141. The molecule has 2 heterocycles. The summed E-state index contributed by atoms with van der Waals surface area (Å²) in [6, 6.07) is 18.1. The smallest absolute Gasteiger partial charge is 0.340 e. The lowest BCUT2D eigenvalue weighted by Crippen LogP contribution is -2.12. The highest BCUT2D eigenvalue weighted by molar-refractivity contribution is 5.68. The number of hydrogen-bond acceptors (Lipinski definition) is 4. The van der Waals surface area contributed by atoms with Crippen molar-refractivity contribution in [3.05, 3.63) is 72.7 Å². The van der Waals surface area contributed by atoms with Crippen molar-refractivity contribution in [2.24, 2.45) is 0 Å². The summed E-state index contributed by atoms with van der Waals surface area (Å²) < 4.78 is 40.3. The minimum absolute atomic E-state index is 0.122. The summed E-state index contributed by atoms with van der Waals surface area (Å²) in [5.74, 6) is 0.00974. The van der Waals surface area contributed by atoms with Crippen molar-refractivity contribution in [1.29, 1.82) is 0 Å². The molecule has 8 heteroatoms. The molecule has 0 fully saturated rings. The number of halogens is 3. The van der Waals surface area contributed by atoms with Gasteiger partial charge in [0, 0.05) is 11.8 Å². The van der Waals surface area contributed by atoms with Gasteiger partial charge in [-0.3, -0.25) is 0 Å². The third-order valence-corrected chi connectivity index (χ3v) is 3.81. The first-order valence-electron chi connectivity index (χ1n) is 7.71. The fourth-order valence-corrected chi connectivity index (χ4v) is 2.57. The zero-order valence-corrected chi connectivity index (χ0v) is 13.3. The van der Waals surface area contributed by atoms with E-state index in [0.717, 1.165) is 23.5 Å². The normalized spacial score (nSPS) is 11.7. The lowest BCUT2D eigenvalue weighted by Gasteiger charge is -2.12. The molecule has 130 valence electrons. The van der Waals surface area contributed by atoms with Crippen molar-refractivity contribution in [1.82, 2.24) is 19.6 Å². The summed E-state index contributed by atoms with van der Waals surface area (Å²) in [4.78, 5) is 7.24. The Kier molecular flexibility index (Phi) is 3.80. The van der Waals surface area contributed by atoms with Crippen molar-refractivity contribution in [2.75, 3.05) is 5.32 Å². The van der Waals surface area contributed by atoms with Crippen molar-refractivity contribution in [2.45, 2.75) is 6.18 Å². The Morgan fingerprint density at radius 1 is 0.885 bits per heavy atom. The number of rotatable bonds is 3. The molecule has 4 rings (SSSR count). The van der Waals surface area contributed by atoms with Gasteiger partial charge in [-0.05, 0) is 23.3 Å². The van der Waals surface area contributed by atoms with E-state index in [1.165, 1.54) is 4.52 Å². The monoisotopic (exact) mass is 355 g/mol. The van der Waals surface area contributed by atoms with Crippen LogP contribution in [0.3, 0.4) is 0 Å². The van der Waals surface area contributed by atoms with Gasteiger partial charge in [0.2, 0.25) is 0 Å². The number of nitrogens with one attached hydrogen (secondary N) is 1. The molecule has 0 unspecified atom stereocenters. The Morgan fingerprint density at radius 3 is 2.27 bits per heavy atom. The first-order valence-corrected chi connectivity index (χ1v) is 7.71. The van der Waals surface area contributed by atoms with E-state index in [-0.39, 0.29) is 11.6 Å². The van der Waals surface area contributed by atoms with Gasteiger partial charge in [0.15, 0.2) is 5.69 Å². The molecular weight excluding hydrogens is 343 g/mol. The second-order valence-corrected chi connectivity index (χ2v) is 5.56. The summed E-state index contributed by atoms with van der Waals surface area (Å²) in [6.07, 6.45) is -3.41. The van der Waals surface area contributed by atoms with Crippen molar-refractivity contribution in [3.63, 3.8) is 0 Å². The van der Waals surface area contributed by atoms with Crippen LogP contribution in [0.1, 0.15) is 5.69 Å². The predicted molar refractivity (Wildman–Crippen MR) is 90.9 cm³/mol. The van der Waals surface area contributed by atoms with E-state index in [0.29, 0.717) is 5.69 Å². The van der Waals surface area contributed by atoms with Crippen molar-refractivity contribution >= 4 is 17.3 Å². The standard InChI is InChI=1S/C18H12F3N5/c19-18(20,21)15-10-16(26-17(25-15)22-11-23-26)24-14-8-6-13(7-9-14)12-4-2-1-3-5-12/h1-11,24H. The van der Waals surface area contributed by atoms with Gasteiger partial charge in [0.25, 0.3) is 5.78 Å². The molecule has 4 aromatic rings. The minimum atomic E-state index is -4.57. The molecule has 0 amide bonds. The predicted octanol–water partition coefficient (Wildman–Crippen LogP) is 4.55. The van der Waals surface area contributed by atoms with Crippen LogP contribution >= 0.6 is 0 Å². The van der Waals surface area contributed by atoms with Crippen LogP contribution < -0.4 is 5.32 Å². The van der Waals surface area contributed by atoms with Crippen LogP contribution in [0.15, 0.2) is 67.0 Å². The Labute approximate surface area is 146 Å². The maximum absolute atomic E-state index is 13.0. The molecule has 0 spiro atoms. The first kappa shape index (κ1) is 16.1. The van der Waals surface area contributed by atoms with Crippen LogP contribution in [0.4, 0.5) is 24.7 Å². The van der Waals surface area contributed by atoms with Gasteiger partial charge < -0.3 is 5.32 Å². The van der Waals surface area contributed by atoms with E-state index < -0.39 is 11.9 Å². The molecule has 0 aliphatic rings. The largest absolute Gasteiger partial charge is 0.433 e. The molecule has 2 aromatic heterocycles. The van der Waals surface area contributed by atoms with E-state index in [1.54, 1.807) is 12.1 Å². The second kappa shape index (κ2) is 6.14. The van der Waals surface area contributed by atoms with Crippen LogP contribution in [-0.2, 0) is 6.18 Å². The maximum Gasteiger partial charge on any atom is 0.433 e. The summed E-state index contributed by atoms with van der Waals surface area (Å²) >= 11 is 0. The highest BCUT2D eigenvalue weighted by atomic mass is 19.4. The summed E-state index contributed by atoms with van der Waals surface area (Å²) in [6.45, 7) is 0. The summed E-state index contributed by atoms with van der Waals surface area (Å²) in [7, 11) is 0. The van der Waals surface area contributed by atoms with Gasteiger partial charge in [-0.1, -0.05) is 42.5 Å². The molecule has 0 aliphatic heterocycles. The average molecular weight is 355 g/mol. The van der Waals surface area contributed by atoms with E-state index in [4.69, 9.17) is 0 Å². The van der Waals surface area contributed by atoms with Crippen LogP contribution in [-0.4, -0.2) is 19.6 Å². The quantitative estimate of drug-likeness (QED) is 0.586. The third kappa shape index (κ3) is 3.08. The van der Waals surface area contributed by atoms with Gasteiger partial charge in [-0.15, -0.1) is 0 Å². The van der Waals surface area contributed by atoms with E-state index in [9.17, 15) is 13.2 Å².